The molecule has 0 unspecified atom stereocenters. The van der Waals surface area contributed by atoms with Gasteiger partial charge in [0.15, 0.2) is 0 Å². The van der Waals surface area contributed by atoms with Crippen molar-refractivity contribution in [2.75, 3.05) is 11.9 Å². The van der Waals surface area contributed by atoms with Crippen molar-refractivity contribution in [2.45, 2.75) is 19.4 Å². The molecule has 0 bridgehead atoms. The molecule has 0 radical (unpaired) electrons. The molecular weight excluding hydrogens is 278 g/mol. The molecule has 0 atom stereocenters. The van der Waals surface area contributed by atoms with Gasteiger partial charge in [-0.3, -0.25) is 10.1 Å². The van der Waals surface area contributed by atoms with Gasteiger partial charge in [-0.25, -0.2) is 9.78 Å². The van der Waals surface area contributed by atoms with Gasteiger partial charge in [0.1, 0.15) is 6.20 Å². The zero-order valence-electron chi connectivity index (χ0n) is 10.2. The van der Waals surface area contributed by atoms with Gasteiger partial charge in [0, 0.05) is 6.54 Å². The monoisotopic (exact) mass is 289 g/mol. The summed E-state index contributed by atoms with van der Waals surface area (Å²) >= 11 is 5.56. The minimum atomic E-state index is -1.19. The van der Waals surface area contributed by atoms with E-state index in [1.807, 2.05) is 0 Å². The molecule has 0 aliphatic rings. The van der Waals surface area contributed by atoms with Crippen LogP contribution in [-0.2, 0) is 0 Å². The van der Waals surface area contributed by atoms with Crippen LogP contribution in [0.25, 0.3) is 0 Å². The van der Waals surface area contributed by atoms with Crippen molar-refractivity contribution in [3.63, 3.8) is 0 Å². The average molecular weight is 290 g/mol. The number of halogens is 1. The molecule has 9 nitrogen and oxygen atoms in total. The zero-order valence-corrected chi connectivity index (χ0v) is 10.9. The van der Waals surface area contributed by atoms with E-state index in [1.54, 1.807) is 13.8 Å². The van der Waals surface area contributed by atoms with Gasteiger partial charge < -0.3 is 15.7 Å². The number of amides is 1. The highest BCUT2D eigenvalue weighted by atomic mass is 35.5. The first-order valence-electron chi connectivity index (χ1n) is 5.13. The highest BCUT2D eigenvalue weighted by Gasteiger charge is 2.23. The number of nitrogens with zero attached hydrogens (tertiary/aromatic N) is 3. The molecule has 1 rings (SSSR count). The second-order valence-electron chi connectivity index (χ2n) is 4.30. The fourth-order valence-electron chi connectivity index (χ4n) is 1.26. The zero-order chi connectivity index (χ0) is 14.6. The van der Waals surface area contributed by atoms with E-state index in [-0.39, 0.29) is 23.3 Å². The molecule has 0 aliphatic heterocycles. The molecule has 1 aromatic rings. The van der Waals surface area contributed by atoms with E-state index in [1.165, 1.54) is 0 Å². The van der Waals surface area contributed by atoms with Crippen LogP contribution >= 0.6 is 11.6 Å². The van der Waals surface area contributed by atoms with E-state index in [0.29, 0.717) is 0 Å². The minimum Gasteiger partial charge on any atom is -0.465 e. The summed E-state index contributed by atoms with van der Waals surface area (Å²) in [5.41, 5.74) is -1.17. The average Bonchev–Trinajstić information content (AvgIpc) is 2.24. The fraction of sp³-hybridized carbons (Fsp3) is 0.444. The first-order valence-corrected chi connectivity index (χ1v) is 5.51. The molecule has 0 aliphatic carbocycles. The van der Waals surface area contributed by atoms with E-state index < -0.39 is 16.6 Å². The third-order valence-electron chi connectivity index (χ3n) is 2.08. The van der Waals surface area contributed by atoms with Crippen LogP contribution < -0.4 is 10.6 Å². The van der Waals surface area contributed by atoms with Crippen LogP contribution in [0.4, 0.5) is 16.3 Å². The van der Waals surface area contributed by atoms with Crippen molar-refractivity contribution < 1.29 is 14.8 Å². The van der Waals surface area contributed by atoms with Crippen LogP contribution in [-0.4, -0.2) is 38.2 Å². The number of aromatic nitrogens is 2. The minimum absolute atomic E-state index is 0.0646. The standard InChI is InChI=1S/C9H12ClN5O4/c1-9(2,14-8(16)17)4-12-6-5(15(18)19)3-11-7(10)13-6/h3,14H,4H2,1-2H3,(H,16,17)(H,11,12,13). The number of nitrogens with one attached hydrogen (secondary N) is 2. The maximum atomic E-state index is 10.8. The Morgan fingerprint density at radius 2 is 2.26 bits per heavy atom. The molecule has 3 N–H and O–H groups in total. The number of hydrogen-bond donors (Lipinski definition) is 3. The maximum absolute atomic E-state index is 10.8. The van der Waals surface area contributed by atoms with Crippen LogP contribution in [0.15, 0.2) is 6.20 Å². The molecule has 0 fully saturated rings. The summed E-state index contributed by atoms with van der Waals surface area (Å²) in [5.74, 6) is -0.0646. The van der Waals surface area contributed by atoms with E-state index in [4.69, 9.17) is 16.7 Å². The molecule has 0 spiro atoms. The molecule has 1 amide bonds. The Morgan fingerprint density at radius 1 is 1.63 bits per heavy atom. The Labute approximate surface area is 113 Å². The normalized spacial score (nSPS) is 10.9. The van der Waals surface area contributed by atoms with Gasteiger partial charge in [-0.15, -0.1) is 0 Å². The highest BCUT2D eigenvalue weighted by Crippen LogP contribution is 2.22. The number of nitro groups is 1. The second-order valence-corrected chi connectivity index (χ2v) is 4.64. The van der Waals surface area contributed by atoms with Gasteiger partial charge in [0.25, 0.3) is 0 Å². The highest BCUT2D eigenvalue weighted by molar-refractivity contribution is 6.28. The number of rotatable bonds is 5. The third kappa shape index (κ3) is 4.54. The van der Waals surface area contributed by atoms with Crippen molar-refractivity contribution in [3.05, 3.63) is 21.6 Å². The summed E-state index contributed by atoms with van der Waals surface area (Å²) in [6.07, 6.45) is -0.211. The summed E-state index contributed by atoms with van der Waals surface area (Å²) in [6, 6.07) is 0. The Kier molecular flexibility index (Phi) is 4.43. The maximum Gasteiger partial charge on any atom is 0.405 e. The quantitative estimate of drug-likeness (QED) is 0.425. The lowest BCUT2D eigenvalue weighted by Gasteiger charge is -2.24. The summed E-state index contributed by atoms with van der Waals surface area (Å²) in [5, 5.41) is 24.2. The Bertz CT molecular complexity index is 507. The van der Waals surface area contributed by atoms with E-state index in [0.717, 1.165) is 6.20 Å². The van der Waals surface area contributed by atoms with Crippen LogP contribution in [0.5, 0.6) is 0 Å². The number of carboxylic acid groups (broad SMARTS) is 1. The molecule has 1 aromatic heterocycles. The second kappa shape index (κ2) is 5.65. The van der Waals surface area contributed by atoms with Gasteiger partial charge in [0.2, 0.25) is 11.1 Å². The lowest BCUT2D eigenvalue weighted by molar-refractivity contribution is -0.384. The fourth-order valence-corrected chi connectivity index (χ4v) is 1.39. The summed E-state index contributed by atoms with van der Waals surface area (Å²) in [7, 11) is 0. The van der Waals surface area contributed by atoms with Crippen LogP contribution in [0, 0.1) is 10.1 Å². The molecule has 104 valence electrons. The predicted octanol–water partition coefficient (Wildman–Crippen LogP) is 1.50. The first kappa shape index (κ1) is 14.9. The molecular formula is C9H12ClN5O4. The largest absolute Gasteiger partial charge is 0.465 e. The van der Waals surface area contributed by atoms with Crippen LogP contribution in [0.3, 0.4) is 0 Å². The Balaban J connectivity index is 2.85. The summed E-state index contributed by atoms with van der Waals surface area (Å²) < 4.78 is 0. The predicted molar refractivity (Wildman–Crippen MR) is 67.4 cm³/mol. The molecule has 1 heterocycles. The number of carbonyl (C=O) groups is 1. The van der Waals surface area contributed by atoms with Crippen molar-refractivity contribution in [1.29, 1.82) is 0 Å². The third-order valence-corrected chi connectivity index (χ3v) is 2.26. The van der Waals surface area contributed by atoms with Gasteiger partial charge >= 0.3 is 11.8 Å². The molecule has 19 heavy (non-hydrogen) atoms. The van der Waals surface area contributed by atoms with E-state index in [9.17, 15) is 14.9 Å². The van der Waals surface area contributed by atoms with Crippen molar-refractivity contribution in [2.24, 2.45) is 0 Å². The molecule has 0 aromatic carbocycles. The molecule has 0 saturated carbocycles. The summed E-state index contributed by atoms with van der Waals surface area (Å²) in [4.78, 5) is 27.9. The van der Waals surface area contributed by atoms with Crippen molar-refractivity contribution >= 4 is 29.2 Å². The first-order chi connectivity index (χ1) is 8.71. The smallest absolute Gasteiger partial charge is 0.405 e. The Hall–Kier alpha value is -2.16. The van der Waals surface area contributed by atoms with Gasteiger partial charge in [-0.2, -0.15) is 4.98 Å². The summed E-state index contributed by atoms with van der Waals surface area (Å²) in [6.45, 7) is 3.32. The Morgan fingerprint density at radius 3 is 2.79 bits per heavy atom. The lowest BCUT2D eigenvalue weighted by Crippen LogP contribution is -2.47. The van der Waals surface area contributed by atoms with E-state index >= 15 is 0 Å². The van der Waals surface area contributed by atoms with Crippen LogP contribution in [0.1, 0.15) is 13.8 Å². The lowest BCUT2D eigenvalue weighted by atomic mass is 10.1. The van der Waals surface area contributed by atoms with Crippen molar-refractivity contribution in [1.82, 2.24) is 15.3 Å². The number of hydrogen-bond acceptors (Lipinski definition) is 6. The SMILES string of the molecule is CC(C)(CNc1nc(Cl)ncc1[N+](=O)[O-])NC(=O)O. The molecule has 10 heteroatoms. The molecule has 0 saturated heterocycles. The van der Waals surface area contributed by atoms with Crippen molar-refractivity contribution in [3.8, 4) is 0 Å². The van der Waals surface area contributed by atoms with Gasteiger partial charge in [-0.05, 0) is 25.4 Å². The van der Waals surface area contributed by atoms with Crippen LogP contribution in [0.2, 0.25) is 5.28 Å². The van der Waals surface area contributed by atoms with Gasteiger partial charge in [0.05, 0.1) is 10.5 Å². The topological polar surface area (TPSA) is 130 Å². The number of anilines is 1. The van der Waals surface area contributed by atoms with Gasteiger partial charge in [-0.1, -0.05) is 0 Å². The van der Waals surface area contributed by atoms with E-state index in [2.05, 4.69) is 20.6 Å².